The van der Waals surface area contributed by atoms with Crippen LogP contribution < -0.4 is 14.8 Å². The molecule has 0 atom stereocenters. The lowest BCUT2D eigenvalue weighted by molar-refractivity contribution is -0.137. The Hall–Kier alpha value is -1.91. The molecule has 0 fully saturated rings. The van der Waals surface area contributed by atoms with Crippen molar-refractivity contribution in [2.24, 2.45) is 0 Å². The first-order valence-electron chi connectivity index (χ1n) is 5.53. The molecule has 0 amide bonds. The van der Waals surface area contributed by atoms with Crippen LogP contribution in [0.1, 0.15) is 18.4 Å². The quantitative estimate of drug-likeness (QED) is 0.767. The fraction of sp³-hybridized carbons (Fsp3) is 0.417. The molecular formula is C12H15NO4. The number of hydrogen-bond donors (Lipinski definition) is 2. The van der Waals surface area contributed by atoms with E-state index in [1.54, 1.807) is 0 Å². The van der Waals surface area contributed by atoms with E-state index in [1.165, 1.54) is 0 Å². The van der Waals surface area contributed by atoms with E-state index in [1.807, 2.05) is 19.1 Å². The third-order valence-electron chi connectivity index (χ3n) is 2.60. The first-order valence-corrected chi connectivity index (χ1v) is 5.53. The van der Waals surface area contributed by atoms with E-state index >= 15 is 0 Å². The monoisotopic (exact) mass is 237 g/mol. The average Bonchev–Trinajstić information content (AvgIpc) is 2.71. The van der Waals surface area contributed by atoms with Gasteiger partial charge in [-0.1, -0.05) is 0 Å². The fourth-order valence-corrected chi connectivity index (χ4v) is 1.70. The number of fused-ring (bicyclic) bond motifs is 1. The van der Waals surface area contributed by atoms with Crippen molar-refractivity contribution in [3.8, 4) is 11.5 Å². The Bertz CT molecular complexity index is 431. The maximum Gasteiger partial charge on any atom is 0.303 e. The van der Waals surface area contributed by atoms with Crippen molar-refractivity contribution in [2.75, 3.05) is 18.7 Å². The van der Waals surface area contributed by atoms with Crippen molar-refractivity contribution in [1.29, 1.82) is 0 Å². The van der Waals surface area contributed by atoms with Gasteiger partial charge in [0.25, 0.3) is 0 Å². The van der Waals surface area contributed by atoms with Crippen LogP contribution in [0.5, 0.6) is 11.5 Å². The summed E-state index contributed by atoms with van der Waals surface area (Å²) >= 11 is 0. The molecule has 0 saturated carbocycles. The molecule has 1 aromatic rings. The molecule has 2 N–H and O–H groups in total. The zero-order chi connectivity index (χ0) is 12.3. The van der Waals surface area contributed by atoms with Crippen molar-refractivity contribution in [3.05, 3.63) is 17.7 Å². The van der Waals surface area contributed by atoms with Gasteiger partial charge < -0.3 is 19.9 Å². The number of carbonyl (C=O) groups is 1. The predicted octanol–water partition coefficient (Wildman–Crippen LogP) is 2.00. The normalized spacial score (nSPS) is 12.5. The molecule has 0 bridgehead atoms. The van der Waals surface area contributed by atoms with E-state index in [0.717, 1.165) is 22.7 Å². The number of aryl methyl sites for hydroxylation is 1. The van der Waals surface area contributed by atoms with Gasteiger partial charge in [-0.2, -0.15) is 0 Å². The Morgan fingerprint density at radius 2 is 2.12 bits per heavy atom. The summed E-state index contributed by atoms with van der Waals surface area (Å²) in [5.74, 6) is 0.726. The first-order chi connectivity index (χ1) is 8.16. The molecular weight excluding hydrogens is 222 g/mol. The van der Waals surface area contributed by atoms with Crippen molar-refractivity contribution < 1.29 is 19.4 Å². The van der Waals surface area contributed by atoms with Gasteiger partial charge in [0.15, 0.2) is 11.5 Å². The van der Waals surface area contributed by atoms with Crippen LogP contribution in [0.2, 0.25) is 0 Å². The van der Waals surface area contributed by atoms with Crippen LogP contribution in [-0.4, -0.2) is 24.4 Å². The van der Waals surface area contributed by atoms with Gasteiger partial charge in [-0.3, -0.25) is 4.79 Å². The van der Waals surface area contributed by atoms with Crippen LogP contribution in [0.15, 0.2) is 12.1 Å². The maximum absolute atomic E-state index is 10.4. The van der Waals surface area contributed by atoms with E-state index in [2.05, 4.69) is 5.32 Å². The van der Waals surface area contributed by atoms with Gasteiger partial charge in [0.05, 0.1) is 0 Å². The number of anilines is 1. The third kappa shape index (κ3) is 2.81. The molecule has 0 spiro atoms. The van der Waals surface area contributed by atoms with E-state index in [9.17, 15) is 4.79 Å². The van der Waals surface area contributed by atoms with Crippen LogP contribution in [0, 0.1) is 6.92 Å². The lowest BCUT2D eigenvalue weighted by Gasteiger charge is -2.09. The lowest BCUT2D eigenvalue weighted by atomic mass is 10.1. The van der Waals surface area contributed by atoms with E-state index in [-0.39, 0.29) is 13.2 Å². The molecule has 1 heterocycles. The molecule has 92 valence electrons. The largest absolute Gasteiger partial charge is 0.481 e. The standard InChI is InChI=1S/C12H15NO4/c1-8-5-10-11(17-7-16-10)6-9(8)13-4-2-3-12(14)15/h5-6,13H,2-4,7H2,1H3,(H,14,15). The Kier molecular flexibility index (Phi) is 3.37. The lowest BCUT2D eigenvalue weighted by Crippen LogP contribution is -2.05. The summed E-state index contributed by atoms with van der Waals surface area (Å²) in [6.45, 7) is 2.87. The number of aliphatic carboxylic acids is 1. The SMILES string of the molecule is Cc1cc2c(cc1NCCCC(=O)O)OCO2. The van der Waals surface area contributed by atoms with Crippen molar-refractivity contribution in [1.82, 2.24) is 0 Å². The number of carboxylic acid groups (broad SMARTS) is 1. The number of ether oxygens (including phenoxy) is 2. The molecule has 5 heteroatoms. The van der Waals surface area contributed by atoms with Crippen LogP contribution in [0.25, 0.3) is 0 Å². The molecule has 1 aliphatic heterocycles. The summed E-state index contributed by atoms with van der Waals surface area (Å²) in [7, 11) is 0. The second-order valence-electron chi connectivity index (χ2n) is 3.94. The highest BCUT2D eigenvalue weighted by Gasteiger charge is 2.15. The van der Waals surface area contributed by atoms with Crippen molar-refractivity contribution in [2.45, 2.75) is 19.8 Å². The predicted molar refractivity (Wildman–Crippen MR) is 62.7 cm³/mol. The average molecular weight is 237 g/mol. The Balaban J connectivity index is 1.94. The minimum Gasteiger partial charge on any atom is -0.481 e. The molecule has 17 heavy (non-hydrogen) atoms. The summed E-state index contributed by atoms with van der Waals surface area (Å²) in [6.07, 6.45) is 0.778. The fourth-order valence-electron chi connectivity index (χ4n) is 1.70. The number of nitrogens with one attached hydrogen (secondary N) is 1. The van der Waals surface area contributed by atoms with Crippen LogP contribution in [0.4, 0.5) is 5.69 Å². The summed E-state index contributed by atoms with van der Waals surface area (Å²) in [5, 5.41) is 11.7. The highest BCUT2D eigenvalue weighted by Crippen LogP contribution is 2.36. The smallest absolute Gasteiger partial charge is 0.303 e. The molecule has 1 aromatic carbocycles. The molecule has 1 aliphatic rings. The Morgan fingerprint density at radius 3 is 2.82 bits per heavy atom. The van der Waals surface area contributed by atoms with Gasteiger partial charge in [-0.25, -0.2) is 0 Å². The summed E-state index contributed by atoms with van der Waals surface area (Å²) in [5.41, 5.74) is 2.02. The number of rotatable bonds is 5. The van der Waals surface area contributed by atoms with E-state index in [4.69, 9.17) is 14.6 Å². The van der Waals surface area contributed by atoms with Gasteiger partial charge in [-0.05, 0) is 25.0 Å². The summed E-state index contributed by atoms with van der Waals surface area (Å²) < 4.78 is 10.5. The van der Waals surface area contributed by atoms with E-state index in [0.29, 0.717) is 13.0 Å². The second kappa shape index (κ2) is 4.95. The molecule has 0 radical (unpaired) electrons. The molecule has 2 rings (SSSR count). The van der Waals surface area contributed by atoms with Crippen molar-refractivity contribution in [3.63, 3.8) is 0 Å². The molecule has 0 aliphatic carbocycles. The molecule has 0 aromatic heterocycles. The highest BCUT2D eigenvalue weighted by atomic mass is 16.7. The molecule has 5 nitrogen and oxygen atoms in total. The van der Waals surface area contributed by atoms with Gasteiger partial charge in [0.2, 0.25) is 6.79 Å². The van der Waals surface area contributed by atoms with Crippen LogP contribution in [-0.2, 0) is 4.79 Å². The Labute approximate surface area is 99.3 Å². The first kappa shape index (κ1) is 11.6. The maximum atomic E-state index is 10.4. The zero-order valence-corrected chi connectivity index (χ0v) is 9.66. The molecule has 0 saturated heterocycles. The topological polar surface area (TPSA) is 67.8 Å². The third-order valence-corrected chi connectivity index (χ3v) is 2.60. The van der Waals surface area contributed by atoms with E-state index < -0.39 is 5.97 Å². The summed E-state index contributed by atoms with van der Waals surface area (Å²) in [4.78, 5) is 10.4. The second-order valence-corrected chi connectivity index (χ2v) is 3.94. The Morgan fingerprint density at radius 1 is 1.41 bits per heavy atom. The van der Waals surface area contributed by atoms with Gasteiger partial charge in [0.1, 0.15) is 0 Å². The summed E-state index contributed by atoms with van der Waals surface area (Å²) in [6, 6.07) is 3.81. The number of benzene rings is 1. The number of hydrogen-bond acceptors (Lipinski definition) is 4. The highest BCUT2D eigenvalue weighted by molar-refractivity contribution is 5.66. The van der Waals surface area contributed by atoms with Crippen LogP contribution in [0.3, 0.4) is 0 Å². The molecule has 0 unspecified atom stereocenters. The van der Waals surface area contributed by atoms with Crippen molar-refractivity contribution >= 4 is 11.7 Å². The zero-order valence-electron chi connectivity index (χ0n) is 9.66. The minimum atomic E-state index is -0.769. The minimum absolute atomic E-state index is 0.177. The van der Waals surface area contributed by atoms with Gasteiger partial charge in [-0.15, -0.1) is 0 Å². The van der Waals surface area contributed by atoms with Crippen LogP contribution >= 0.6 is 0 Å². The van der Waals surface area contributed by atoms with Gasteiger partial charge in [0, 0.05) is 24.7 Å². The number of carboxylic acids is 1. The van der Waals surface area contributed by atoms with Gasteiger partial charge >= 0.3 is 5.97 Å².